The maximum atomic E-state index is 13.0. The summed E-state index contributed by atoms with van der Waals surface area (Å²) in [5.74, 6) is 0.553. The van der Waals surface area contributed by atoms with Crippen molar-refractivity contribution in [3.63, 3.8) is 0 Å². The van der Waals surface area contributed by atoms with E-state index in [1.165, 1.54) is 14.7 Å². The van der Waals surface area contributed by atoms with Crippen LogP contribution in [0.2, 0.25) is 0 Å². The number of halogens is 1. The highest BCUT2D eigenvalue weighted by atomic mass is 127. The Morgan fingerprint density at radius 1 is 1.16 bits per heavy atom. The minimum absolute atomic E-state index is 0.104. The third kappa shape index (κ3) is 5.31. The number of likely N-dealkylation sites (tertiary alicyclic amines) is 2. The topological polar surface area (TPSA) is 65.5 Å². The van der Waals surface area contributed by atoms with Gasteiger partial charge in [0.25, 0.3) is 0 Å². The van der Waals surface area contributed by atoms with Crippen molar-refractivity contribution in [2.75, 3.05) is 18.4 Å². The second-order valence-corrected chi connectivity index (χ2v) is 10.0. The van der Waals surface area contributed by atoms with Gasteiger partial charge in [-0.05, 0) is 90.1 Å². The summed E-state index contributed by atoms with van der Waals surface area (Å²) < 4.78 is 1.29. The van der Waals surface area contributed by atoms with Gasteiger partial charge in [0.1, 0.15) is 11.9 Å². The van der Waals surface area contributed by atoms with E-state index in [0.29, 0.717) is 18.7 Å². The predicted octanol–water partition coefficient (Wildman–Crippen LogP) is 4.15. The molecule has 6 nitrogen and oxygen atoms in total. The average molecular weight is 546 g/mol. The fourth-order valence-electron chi connectivity index (χ4n) is 4.81. The summed E-state index contributed by atoms with van der Waals surface area (Å²) >= 11 is 2.37. The molecule has 4 rings (SSSR count). The first-order valence-electron chi connectivity index (χ1n) is 11.5. The number of amides is 2. The van der Waals surface area contributed by atoms with Crippen molar-refractivity contribution < 1.29 is 9.59 Å². The van der Waals surface area contributed by atoms with Crippen LogP contribution < -0.4 is 5.32 Å². The zero-order valence-corrected chi connectivity index (χ0v) is 21.0. The molecule has 2 fully saturated rings. The molecule has 0 radical (unpaired) electrons. The zero-order valence-electron chi connectivity index (χ0n) is 18.8. The molecule has 1 N–H and O–H groups in total. The van der Waals surface area contributed by atoms with Gasteiger partial charge in [-0.2, -0.15) is 0 Å². The normalized spacial score (nSPS) is 20.0. The number of pyridine rings is 1. The highest BCUT2D eigenvalue weighted by Gasteiger charge is 2.41. The van der Waals surface area contributed by atoms with Gasteiger partial charge in [-0.3, -0.25) is 14.5 Å². The Balaban J connectivity index is 1.36. The van der Waals surface area contributed by atoms with E-state index < -0.39 is 6.04 Å². The number of piperidine rings is 1. The minimum Gasteiger partial charge on any atom is -0.328 e. The Hall–Kier alpha value is -2.00. The minimum atomic E-state index is -0.398. The summed E-state index contributed by atoms with van der Waals surface area (Å²) in [5, 5.41) is 2.94. The Kier molecular flexibility index (Phi) is 7.45. The van der Waals surface area contributed by atoms with E-state index in [2.05, 4.69) is 69.8 Å². The first kappa shape index (κ1) is 23.2. The number of anilines is 1. The molecule has 0 saturated carbocycles. The van der Waals surface area contributed by atoms with E-state index >= 15 is 0 Å². The molecule has 1 aromatic carbocycles. The van der Waals surface area contributed by atoms with Gasteiger partial charge in [0, 0.05) is 41.9 Å². The molecule has 0 aliphatic carbocycles. The van der Waals surface area contributed by atoms with Crippen molar-refractivity contribution in [2.45, 2.75) is 64.6 Å². The van der Waals surface area contributed by atoms with E-state index in [1.807, 2.05) is 17.0 Å². The number of nitrogens with one attached hydrogen (secondary N) is 1. The number of hydrogen-bond donors (Lipinski definition) is 1. The van der Waals surface area contributed by atoms with Crippen molar-refractivity contribution in [1.82, 2.24) is 14.8 Å². The Morgan fingerprint density at radius 3 is 2.66 bits per heavy atom. The number of hydrogen-bond acceptors (Lipinski definition) is 4. The fraction of sp³-hybridized carbons (Fsp3) is 0.480. The summed E-state index contributed by atoms with van der Waals surface area (Å²) in [4.78, 5) is 34.3. The molecule has 7 heteroatoms. The van der Waals surface area contributed by atoms with Crippen LogP contribution in [0, 0.1) is 10.5 Å². The van der Waals surface area contributed by atoms with Crippen molar-refractivity contribution >= 4 is 40.2 Å². The van der Waals surface area contributed by atoms with Crippen LogP contribution in [0.15, 0.2) is 36.5 Å². The van der Waals surface area contributed by atoms with Gasteiger partial charge in [-0.15, -0.1) is 0 Å². The van der Waals surface area contributed by atoms with Crippen LogP contribution in [-0.2, 0) is 22.6 Å². The van der Waals surface area contributed by atoms with Gasteiger partial charge in [-0.25, -0.2) is 4.98 Å². The molecule has 1 aromatic heterocycles. The maximum Gasteiger partial charge on any atom is 0.248 e. The zero-order chi connectivity index (χ0) is 22.7. The number of nitrogens with zero attached hydrogens (tertiary/aromatic N) is 3. The molecule has 0 bridgehead atoms. The molecule has 3 heterocycles. The van der Waals surface area contributed by atoms with Gasteiger partial charge in [0.15, 0.2) is 0 Å². The van der Waals surface area contributed by atoms with E-state index in [9.17, 15) is 9.59 Å². The molecule has 0 spiro atoms. The van der Waals surface area contributed by atoms with Crippen LogP contribution in [-0.4, -0.2) is 51.8 Å². The summed E-state index contributed by atoms with van der Waals surface area (Å²) in [7, 11) is 0. The third-order valence-electron chi connectivity index (χ3n) is 6.62. The van der Waals surface area contributed by atoms with Crippen molar-refractivity contribution in [2.24, 2.45) is 0 Å². The van der Waals surface area contributed by atoms with E-state index in [0.717, 1.165) is 44.5 Å². The van der Waals surface area contributed by atoms with Gasteiger partial charge in [0.2, 0.25) is 11.8 Å². The van der Waals surface area contributed by atoms with Crippen LogP contribution in [0.1, 0.15) is 49.3 Å². The first-order valence-corrected chi connectivity index (χ1v) is 12.6. The lowest BCUT2D eigenvalue weighted by atomic mass is 10.0. The molecule has 1 atom stereocenters. The summed E-state index contributed by atoms with van der Waals surface area (Å²) in [5.41, 5.74) is 3.77. The Bertz CT molecular complexity index is 988. The summed E-state index contributed by atoms with van der Waals surface area (Å²) in [6, 6.07) is 10.2. The van der Waals surface area contributed by atoms with E-state index in [4.69, 9.17) is 0 Å². The van der Waals surface area contributed by atoms with Gasteiger partial charge < -0.3 is 10.2 Å². The Morgan fingerprint density at radius 2 is 1.94 bits per heavy atom. The first-order chi connectivity index (χ1) is 15.4. The van der Waals surface area contributed by atoms with Gasteiger partial charge in [0.05, 0.1) is 0 Å². The lowest BCUT2D eigenvalue weighted by Gasteiger charge is -2.39. The molecule has 2 aliphatic heterocycles. The lowest BCUT2D eigenvalue weighted by molar-refractivity contribution is -0.136. The molecular weight excluding hydrogens is 515 g/mol. The largest absolute Gasteiger partial charge is 0.328 e. The molecule has 2 aromatic rings. The SMILES string of the molecule is CCc1ccnc(NC(=O)[C@H]2CCC(=O)N2C2CCN(Cc3ccc(I)c(C)c3)CC2)c1. The van der Waals surface area contributed by atoms with Crippen LogP contribution in [0.3, 0.4) is 0 Å². The van der Waals surface area contributed by atoms with Crippen LogP contribution >= 0.6 is 22.6 Å². The second kappa shape index (κ2) is 10.3. The van der Waals surface area contributed by atoms with E-state index in [-0.39, 0.29) is 17.9 Å². The predicted molar refractivity (Wildman–Crippen MR) is 134 cm³/mol. The number of aryl methyl sites for hydroxylation is 2. The monoisotopic (exact) mass is 546 g/mol. The van der Waals surface area contributed by atoms with Crippen molar-refractivity contribution in [3.05, 3.63) is 56.8 Å². The number of carbonyl (C=O) groups is 2. The Labute approximate surface area is 203 Å². The second-order valence-electron chi connectivity index (χ2n) is 8.84. The summed E-state index contributed by atoms with van der Waals surface area (Å²) in [6.07, 6.45) is 5.45. The lowest BCUT2D eigenvalue weighted by Crippen LogP contribution is -2.51. The fourth-order valence-corrected chi connectivity index (χ4v) is 5.14. The van der Waals surface area contributed by atoms with E-state index in [1.54, 1.807) is 6.20 Å². The molecule has 0 unspecified atom stereocenters. The molecule has 32 heavy (non-hydrogen) atoms. The average Bonchev–Trinajstić information content (AvgIpc) is 3.18. The summed E-state index contributed by atoms with van der Waals surface area (Å²) in [6.45, 7) is 7.03. The van der Waals surface area contributed by atoms with Gasteiger partial charge >= 0.3 is 0 Å². The number of carbonyl (C=O) groups excluding carboxylic acids is 2. The molecular formula is C25H31IN4O2. The highest BCUT2D eigenvalue weighted by molar-refractivity contribution is 14.1. The van der Waals surface area contributed by atoms with Crippen LogP contribution in [0.4, 0.5) is 5.82 Å². The smallest absolute Gasteiger partial charge is 0.248 e. The van der Waals surface area contributed by atoms with Crippen LogP contribution in [0.5, 0.6) is 0 Å². The van der Waals surface area contributed by atoms with Crippen LogP contribution in [0.25, 0.3) is 0 Å². The number of rotatable bonds is 6. The molecule has 2 saturated heterocycles. The maximum absolute atomic E-state index is 13.0. The number of aromatic nitrogens is 1. The molecule has 2 amide bonds. The standard InChI is InChI=1S/C25H31IN4O2/c1-3-18-8-11-27-23(15-18)28-25(32)22-6-7-24(31)30(22)20-9-12-29(13-10-20)16-19-4-5-21(26)17(2)14-19/h4-5,8,11,14-15,20,22H,3,6-7,9-10,12-13,16H2,1-2H3,(H,27,28,32)/t22-/m1/s1. The quantitative estimate of drug-likeness (QED) is 0.554. The van der Waals surface area contributed by atoms with Crippen molar-refractivity contribution in [1.29, 1.82) is 0 Å². The molecule has 170 valence electrons. The third-order valence-corrected chi connectivity index (χ3v) is 7.83. The van der Waals surface area contributed by atoms with Crippen molar-refractivity contribution in [3.8, 4) is 0 Å². The highest BCUT2D eigenvalue weighted by Crippen LogP contribution is 2.28. The molecule has 2 aliphatic rings. The number of benzene rings is 1. The van der Waals surface area contributed by atoms with Gasteiger partial charge in [-0.1, -0.05) is 19.1 Å².